The molecule has 28 heavy (non-hydrogen) atoms. The summed E-state index contributed by atoms with van der Waals surface area (Å²) in [5.74, 6) is -0.0110. The fraction of sp³-hybridized carbons (Fsp3) is 0.286. The van der Waals surface area contributed by atoms with Crippen molar-refractivity contribution in [3.63, 3.8) is 0 Å². The van der Waals surface area contributed by atoms with E-state index in [1.54, 1.807) is 10.6 Å². The summed E-state index contributed by atoms with van der Waals surface area (Å²) in [6, 6.07) is 10.2. The second-order valence-corrected chi connectivity index (χ2v) is 9.00. The molecular formula is C21H21N3O2S2. The fourth-order valence-electron chi connectivity index (χ4n) is 2.97. The number of benzene rings is 1. The van der Waals surface area contributed by atoms with Gasteiger partial charge < -0.3 is 5.32 Å². The maximum Gasteiger partial charge on any atom is 0.263 e. The van der Waals surface area contributed by atoms with Crippen molar-refractivity contribution in [2.45, 2.75) is 42.8 Å². The lowest BCUT2D eigenvalue weighted by Gasteiger charge is -2.15. The van der Waals surface area contributed by atoms with Crippen molar-refractivity contribution >= 4 is 39.2 Å². The van der Waals surface area contributed by atoms with E-state index in [0.717, 1.165) is 24.0 Å². The van der Waals surface area contributed by atoms with E-state index in [0.29, 0.717) is 28.0 Å². The van der Waals surface area contributed by atoms with Gasteiger partial charge in [0.05, 0.1) is 10.6 Å². The van der Waals surface area contributed by atoms with Crippen LogP contribution in [-0.2, 0) is 11.3 Å². The molecule has 2 heterocycles. The lowest BCUT2D eigenvalue weighted by atomic mass is 10.1. The molecule has 1 aliphatic rings. The summed E-state index contributed by atoms with van der Waals surface area (Å²) >= 11 is 2.78. The topological polar surface area (TPSA) is 64.0 Å². The number of thiophene rings is 1. The van der Waals surface area contributed by atoms with Gasteiger partial charge in [0.2, 0.25) is 5.91 Å². The molecule has 5 nitrogen and oxygen atoms in total. The van der Waals surface area contributed by atoms with E-state index < -0.39 is 0 Å². The fourth-order valence-corrected chi connectivity index (χ4v) is 4.89. The van der Waals surface area contributed by atoms with E-state index in [1.165, 1.54) is 23.1 Å². The first-order valence-corrected chi connectivity index (χ1v) is 11.0. The molecule has 3 aromatic rings. The highest BCUT2D eigenvalue weighted by atomic mass is 32.2. The summed E-state index contributed by atoms with van der Waals surface area (Å²) in [6.45, 7) is 5.98. The Hall–Kier alpha value is -2.38. The van der Waals surface area contributed by atoms with Gasteiger partial charge in [-0.05, 0) is 25.3 Å². The molecule has 1 N–H and O–H groups in total. The van der Waals surface area contributed by atoms with Crippen LogP contribution >= 0.6 is 23.1 Å². The Labute approximate surface area is 171 Å². The Morgan fingerprint density at radius 3 is 2.86 bits per heavy atom. The van der Waals surface area contributed by atoms with Crippen LogP contribution in [0.15, 0.2) is 58.3 Å². The quantitative estimate of drug-likeness (QED) is 0.362. The Morgan fingerprint density at radius 1 is 1.43 bits per heavy atom. The van der Waals surface area contributed by atoms with Gasteiger partial charge in [-0.2, -0.15) is 0 Å². The van der Waals surface area contributed by atoms with Crippen molar-refractivity contribution in [1.82, 2.24) is 14.9 Å². The van der Waals surface area contributed by atoms with Crippen LogP contribution in [0.4, 0.5) is 0 Å². The highest BCUT2D eigenvalue weighted by Crippen LogP contribution is 2.33. The van der Waals surface area contributed by atoms with Crippen molar-refractivity contribution in [2.24, 2.45) is 0 Å². The third-order valence-electron chi connectivity index (χ3n) is 4.63. The van der Waals surface area contributed by atoms with Crippen molar-refractivity contribution < 1.29 is 4.79 Å². The Morgan fingerprint density at radius 2 is 2.18 bits per heavy atom. The normalized spacial score (nSPS) is 14.8. The van der Waals surface area contributed by atoms with E-state index >= 15 is 0 Å². The minimum absolute atomic E-state index is 0.0110. The predicted molar refractivity (Wildman–Crippen MR) is 116 cm³/mol. The molecule has 0 bridgehead atoms. The molecule has 0 saturated heterocycles. The number of carbonyl (C=O) groups is 1. The number of hydrogen-bond acceptors (Lipinski definition) is 5. The lowest BCUT2D eigenvalue weighted by Crippen LogP contribution is -2.33. The van der Waals surface area contributed by atoms with Gasteiger partial charge in [0.25, 0.3) is 5.56 Å². The maximum absolute atomic E-state index is 13.3. The monoisotopic (exact) mass is 411 g/mol. The minimum atomic E-state index is -0.324. The van der Waals surface area contributed by atoms with Crippen LogP contribution in [-0.4, -0.2) is 26.8 Å². The largest absolute Gasteiger partial charge is 0.352 e. The van der Waals surface area contributed by atoms with Crippen LogP contribution in [0.1, 0.15) is 19.8 Å². The molecular weight excluding hydrogens is 390 g/mol. The smallest absolute Gasteiger partial charge is 0.263 e. The van der Waals surface area contributed by atoms with Crippen LogP contribution < -0.4 is 10.9 Å². The zero-order chi connectivity index (χ0) is 19.7. The van der Waals surface area contributed by atoms with Crippen LogP contribution in [0.2, 0.25) is 0 Å². The van der Waals surface area contributed by atoms with Gasteiger partial charge in [-0.25, -0.2) is 4.98 Å². The molecule has 1 unspecified atom stereocenters. The maximum atomic E-state index is 13.3. The summed E-state index contributed by atoms with van der Waals surface area (Å²) in [5.41, 5.74) is 1.80. The average molecular weight is 412 g/mol. The molecule has 0 spiro atoms. The van der Waals surface area contributed by atoms with E-state index in [2.05, 4.69) is 11.9 Å². The summed E-state index contributed by atoms with van der Waals surface area (Å²) in [7, 11) is 0. The van der Waals surface area contributed by atoms with E-state index in [4.69, 9.17) is 4.98 Å². The van der Waals surface area contributed by atoms with E-state index in [9.17, 15) is 9.59 Å². The molecule has 1 amide bonds. The molecule has 1 saturated carbocycles. The highest BCUT2D eigenvalue weighted by Gasteiger charge is 2.27. The highest BCUT2D eigenvalue weighted by molar-refractivity contribution is 8.00. The SMILES string of the molecule is C=CCn1c(SC(C)C(=O)NC2CC2)nc2scc(-c3ccccc3)c2c1=O. The summed E-state index contributed by atoms with van der Waals surface area (Å²) in [5, 5.41) is 5.84. The van der Waals surface area contributed by atoms with Gasteiger partial charge in [-0.3, -0.25) is 14.2 Å². The van der Waals surface area contributed by atoms with Crippen LogP contribution in [0.5, 0.6) is 0 Å². The van der Waals surface area contributed by atoms with Crippen molar-refractivity contribution in [1.29, 1.82) is 0 Å². The third kappa shape index (κ3) is 3.77. The zero-order valence-corrected chi connectivity index (χ0v) is 17.2. The molecule has 1 fully saturated rings. The van der Waals surface area contributed by atoms with Gasteiger partial charge in [0.15, 0.2) is 5.16 Å². The van der Waals surface area contributed by atoms with Gasteiger partial charge in [-0.15, -0.1) is 17.9 Å². The number of amides is 1. The number of fused-ring (bicyclic) bond motifs is 1. The summed E-state index contributed by atoms with van der Waals surface area (Å²) in [6.07, 6.45) is 3.78. The average Bonchev–Trinajstić information content (AvgIpc) is 3.41. The number of hydrogen-bond donors (Lipinski definition) is 1. The van der Waals surface area contributed by atoms with Crippen molar-refractivity contribution in [3.05, 3.63) is 58.7 Å². The number of carbonyl (C=O) groups excluding carboxylic acids is 1. The molecule has 7 heteroatoms. The molecule has 1 aliphatic carbocycles. The number of rotatable bonds is 7. The molecule has 4 rings (SSSR count). The summed E-state index contributed by atoms with van der Waals surface area (Å²) < 4.78 is 1.61. The Balaban J connectivity index is 1.75. The molecule has 2 aromatic heterocycles. The van der Waals surface area contributed by atoms with Gasteiger partial charge in [-0.1, -0.05) is 48.2 Å². The summed E-state index contributed by atoms with van der Waals surface area (Å²) in [4.78, 5) is 31.1. The number of nitrogens with zero attached hydrogens (tertiary/aromatic N) is 2. The Kier molecular flexibility index (Phi) is 5.37. The van der Waals surface area contributed by atoms with Gasteiger partial charge >= 0.3 is 0 Å². The second-order valence-electron chi connectivity index (χ2n) is 6.84. The van der Waals surface area contributed by atoms with Gasteiger partial charge in [0, 0.05) is 23.5 Å². The van der Waals surface area contributed by atoms with Crippen molar-refractivity contribution in [2.75, 3.05) is 0 Å². The molecule has 1 aromatic carbocycles. The third-order valence-corrected chi connectivity index (χ3v) is 6.59. The van der Waals surface area contributed by atoms with Crippen LogP contribution in [0.25, 0.3) is 21.3 Å². The number of thioether (sulfide) groups is 1. The molecule has 1 atom stereocenters. The molecule has 144 valence electrons. The van der Waals surface area contributed by atoms with Crippen LogP contribution in [0.3, 0.4) is 0 Å². The zero-order valence-electron chi connectivity index (χ0n) is 15.6. The lowest BCUT2D eigenvalue weighted by molar-refractivity contribution is -0.120. The molecule has 0 aliphatic heterocycles. The number of nitrogens with one attached hydrogen (secondary N) is 1. The van der Waals surface area contributed by atoms with E-state index in [-0.39, 0.29) is 16.7 Å². The number of allylic oxidation sites excluding steroid dienone is 1. The van der Waals surface area contributed by atoms with Crippen molar-refractivity contribution in [3.8, 4) is 11.1 Å². The minimum Gasteiger partial charge on any atom is -0.352 e. The first kappa shape index (κ1) is 19.0. The van der Waals surface area contributed by atoms with Crippen LogP contribution in [0, 0.1) is 0 Å². The van der Waals surface area contributed by atoms with E-state index in [1.807, 2.05) is 42.6 Å². The first-order chi connectivity index (χ1) is 13.6. The number of aromatic nitrogens is 2. The first-order valence-electron chi connectivity index (χ1n) is 9.24. The standard InChI is InChI=1S/C21H21N3O2S2/c1-3-11-24-20(26)17-16(14-7-5-4-6-8-14)12-27-19(17)23-21(24)28-13(2)18(25)22-15-9-10-15/h3-8,12-13,15H,1,9-11H2,2H3,(H,22,25). The Bertz CT molecular complexity index is 1080. The molecule has 0 radical (unpaired) electrons. The second kappa shape index (κ2) is 7.93. The predicted octanol–water partition coefficient (Wildman–Crippen LogP) is 4.07. The van der Waals surface area contributed by atoms with Gasteiger partial charge in [0.1, 0.15) is 4.83 Å².